The molecule has 0 spiro atoms. The van der Waals surface area contributed by atoms with E-state index in [1.165, 1.54) is 0 Å². The minimum atomic E-state index is 0.162. The van der Waals surface area contributed by atoms with E-state index in [0.717, 1.165) is 24.5 Å². The molecule has 0 amide bonds. The highest BCUT2D eigenvalue weighted by atomic mass is 14.9. The summed E-state index contributed by atoms with van der Waals surface area (Å²) in [7, 11) is 0. The Bertz CT molecular complexity index is 348. The molecule has 0 unspecified atom stereocenters. The van der Waals surface area contributed by atoms with Gasteiger partial charge in [0.25, 0.3) is 0 Å². The van der Waals surface area contributed by atoms with E-state index in [0.29, 0.717) is 0 Å². The van der Waals surface area contributed by atoms with Crippen molar-refractivity contribution < 1.29 is 0 Å². The van der Waals surface area contributed by atoms with Crippen LogP contribution in [-0.4, -0.2) is 19.9 Å². The van der Waals surface area contributed by atoms with Crippen LogP contribution < -0.4 is 0 Å². The van der Waals surface area contributed by atoms with Crippen molar-refractivity contribution in [1.29, 1.82) is 0 Å². The molecule has 2 aromatic rings. The smallest absolute Gasteiger partial charge is 0.106 e. The molecule has 0 atom stereocenters. The van der Waals surface area contributed by atoms with Gasteiger partial charge in [0.2, 0.25) is 0 Å². The van der Waals surface area contributed by atoms with Gasteiger partial charge >= 0.3 is 0 Å². The van der Waals surface area contributed by atoms with E-state index >= 15 is 0 Å². The minimum absolute atomic E-state index is 0.162. The van der Waals surface area contributed by atoms with E-state index in [-0.39, 0.29) is 5.41 Å². The van der Waals surface area contributed by atoms with Crippen molar-refractivity contribution in [1.82, 2.24) is 19.9 Å². The number of nitrogens with one attached hydrogen (secondary N) is 2. The molecule has 0 aromatic carbocycles. The SMILES string of the molecule is CC(C)(Cc1ncc[nH]1)Cc1ncc[nH]1. The summed E-state index contributed by atoms with van der Waals surface area (Å²) in [4.78, 5) is 14.8. The summed E-state index contributed by atoms with van der Waals surface area (Å²) < 4.78 is 0. The quantitative estimate of drug-likeness (QED) is 0.799. The zero-order valence-corrected chi connectivity index (χ0v) is 9.12. The lowest BCUT2D eigenvalue weighted by Crippen LogP contribution is -2.19. The molecule has 0 bridgehead atoms. The van der Waals surface area contributed by atoms with Crippen molar-refractivity contribution in [2.24, 2.45) is 5.41 Å². The third-order valence-corrected chi connectivity index (χ3v) is 2.40. The molecular formula is C11H16N4. The lowest BCUT2D eigenvalue weighted by molar-refractivity contribution is 0.346. The number of aromatic amines is 2. The number of nitrogens with zero attached hydrogens (tertiary/aromatic N) is 2. The number of hydrogen-bond donors (Lipinski definition) is 2. The first-order valence-corrected chi connectivity index (χ1v) is 5.12. The van der Waals surface area contributed by atoms with Crippen molar-refractivity contribution in [2.75, 3.05) is 0 Å². The Balaban J connectivity index is 2.01. The van der Waals surface area contributed by atoms with Gasteiger partial charge in [0.15, 0.2) is 0 Å². The maximum atomic E-state index is 4.24. The van der Waals surface area contributed by atoms with Crippen molar-refractivity contribution in [2.45, 2.75) is 26.7 Å². The third-order valence-electron chi connectivity index (χ3n) is 2.40. The highest BCUT2D eigenvalue weighted by Crippen LogP contribution is 2.23. The summed E-state index contributed by atoms with van der Waals surface area (Å²) in [6.07, 6.45) is 9.16. The van der Waals surface area contributed by atoms with E-state index in [1.54, 1.807) is 12.4 Å². The zero-order valence-electron chi connectivity index (χ0n) is 9.12. The summed E-state index contributed by atoms with van der Waals surface area (Å²) in [5.41, 5.74) is 0.162. The Labute approximate surface area is 89.2 Å². The molecule has 0 aliphatic rings. The van der Waals surface area contributed by atoms with Gasteiger partial charge in [-0.2, -0.15) is 0 Å². The van der Waals surface area contributed by atoms with Gasteiger partial charge in [-0.15, -0.1) is 0 Å². The summed E-state index contributed by atoms with van der Waals surface area (Å²) in [5, 5.41) is 0. The van der Waals surface area contributed by atoms with E-state index in [9.17, 15) is 0 Å². The maximum absolute atomic E-state index is 4.24. The first kappa shape index (κ1) is 9.96. The normalized spacial score (nSPS) is 11.9. The van der Waals surface area contributed by atoms with Gasteiger partial charge in [0.1, 0.15) is 11.6 Å². The molecule has 0 saturated carbocycles. The fourth-order valence-electron chi connectivity index (χ4n) is 1.76. The number of rotatable bonds is 4. The second-order valence-corrected chi connectivity index (χ2v) is 4.59. The third kappa shape index (κ3) is 2.68. The molecule has 2 heterocycles. The summed E-state index contributed by atoms with van der Waals surface area (Å²) >= 11 is 0. The monoisotopic (exact) mass is 204 g/mol. The van der Waals surface area contributed by atoms with Crippen LogP contribution in [0, 0.1) is 5.41 Å². The van der Waals surface area contributed by atoms with Crippen LogP contribution in [0.25, 0.3) is 0 Å². The summed E-state index contributed by atoms with van der Waals surface area (Å²) in [6, 6.07) is 0. The molecule has 4 nitrogen and oxygen atoms in total. The summed E-state index contributed by atoms with van der Waals surface area (Å²) in [6.45, 7) is 4.44. The number of imidazole rings is 2. The van der Waals surface area contributed by atoms with E-state index in [4.69, 9.17) is 0 Å². The van der Waals surface area contributed by atoms with Crippen LogP contribution in [-0.2, 0) is 12.8 Å². The van der Waals surface area contributed by atoms with Crippen LogP contribution >= 0.6 is 0 Å². The van der Waals surface area contributed by atoms with Crippen molar-refractivity contribution >= 4 is 0 Å². The molecule has 2 N–H and O–H groups in total. The van der Waals surface area contributed by atoms with Gasteiger partial charge in [0.05, 0.1) is 0 Å². The molecule has 0 saturated heterocycles. The van der Waals surface area contributed by atoms with Crippen LogP contribution in [0.2, 0.25) is 0 Å². The average Bonchev–Trinajstić information content (AvgIpc) is 2.75. The lowest BCUT2D eigenvalue weighted by atomic mass is 9.85. The van der Waals surface area contributed by atoms with Crippen molar-refractivity contribution in [3.05, 3.63) is 36.4 Å². The standard InChI is InChI=1S/C11H16N4/c1-11(2,7-9-12-3-4-13-9)8-10-14-5-6-15-10/h3-6H,7-8H2,1-2H3,(H,12,13)(H,14,15). The largest absolute Gasteiger partial charge is 0.349 e. The molecule has 2 aromatic heterocycles. The predicted octanol–water partition coefficient (Wildman–Crippen LogP) is 1.94. The highest BCUT2D eigenvalue weighted by molar-refractivity contribution is 4.97. The Kier molecular flexibility index (Phi) is 2.58. The molecule has 0 aliphatic carbocycles. The first-order chi connectivity index (χ1) is 7.16. The fraction of sp³-hybridized carbons (Fsp3) is 0.455. The molecular weight excluding hydrogens is 188 g/mol. The Morgan fingerprint density at radius 1 is 1.00 bits per heavy atom. The van der Waals surface area contributed by atoms with Gasteiger partial charge in [-0.05, 0) is 5.41 Å². The number of aromatic nitrogens is 4. The molecule has 0 radical (unpaired) electrons. The van der Waals surface area contributed by atoms with Gasteiger partial charge in [0, 0.05) is 37.6 Å². The van der Waals surface area contributed by atoms with Crippen LogP contribution in [0.4, 0.5) is 0 Å². The van der Waals surface area contributed by atoms with Crippen LogP contribution in [0.3, 0.4) is 0 Å². The van der Waals surface area contributed by atoms with Gasteiger partial charge in [-0.25, -0.2) is 9.97 Å². The van der Waals surface area contributed by atoms with Crippen molar-refractivity contribution in [3.63, 3.8) is 0 Å². The van der Waals surface area contributed by atoms with Gasteiger partial charge in [-0.1, -0.05) is 13.8 Å². The van der Waals surface area contributed by atoms with Crippen LogP contribution in [0.1, 0.15) is 25.5 Å². The fourth-order valence-corrected chi connectivity index (χ4v) is 1.76. The zero-order chi connectivity index (χ0) is 10.7. The number of H-pyrrole nitrogens is 2. The van der Waals surface area contributed by atoms with Crippen LogP contribution in [0.15, 0.2) is 24.8 Å². The highest BCUT2D eigenvalue weighted by Gasteiger charge is 2.21. The lowest BCUT2D eigenvalue weighted by Gasteiger charge is -2.21. The number of hydrogen-bond acceptors (Lipinski definition) is 2. The molecule has 0 aliphatic heterocycles. The maximum Gasteiger partial charge on any atom is 0.106 e. The van der Waals surface area contributed by atoms with E-state index in [1.807, 2.05) is 12.4 Å². The van der Waals surface area contributed by atoms with Crippen molar-refractivity contribution in [3.8, 4) is 0 Å². The van der Waals surface area contributed by atoms with Gasteiger partial charge < -0.3 is 9.97 Å². The Morgan fingerprint density at radius 2 is 1.47 bits per heavy atom. The minimum Gasteiger partial charge on any atom is -0.349 e. The van der Waals surface area contributed by atoms with E-state index < -0.39 is 0 Å². The second-order valence-electron chi connectivity index (χ2n) is 4.59. The molecule has 15 heavy (non-hydrogen) atoms. The Morgan fingerprint density at radius 3 is 1.80 bits per heavy atom. The topological polar surface area (TPSA) is 57.4 Å². The van der Waals surface area contributed by atoms with E-state index in [2.05, 4.69) is 33.8 Å². The van der Waals surface area contributed by atoms with Gasteiger partial charge in [-0.3, -0.25) is 0 Å². The molecule has 80 valence electrons. The molecule has 0 fully saturated rings. The average molecular weight is 204 g/mol. The van der Waals surface area contributed by atoms with Crippen LogP contribution in [0.5, 0.6) is 0 Å². The Hall–Kier alpha value is -1.58. The second kappa shape index (κ2) is 3.88. The predicted molar refractivity (Wildman–Crippen MR) is 58.4 cm³/mol. The molecule has 2 rings (SSSR count). The summed E-state index contributed by atoms with van der Waals surface area (Å²) in [5.74, 6) is 2.07. The molecule has 4 heteroatoms. The first-order valence-electron chi connectivity index (χ1n) is 5.12.